The van der Waals surface area contributed by atoms with Crippen molar-refractivity contribution >= 4 is 29.1 Å². The second-order valence-corrected chi connectivity index (χ2v) is 8.72. The van der Waals surface area contributed by atoms with Crippen LogP contribution in [0.5, 0.6) is 11.5 Å². The van der Waals surface area contributed by atoms with Crippen molar-refractivity contribution in [1.82, 2.24) is 9.88 Å². The molecule has 1 aromatic carbocycles. The van der Waals surface area contributed by atoms with E-state index in [1.165, 1.54) is 11.3 Å². The van der Waals surface area contributed by atoms with E-state index in [1.807, 2.05) is 30.5 Å². The third kappa shape index (κ3) is 4.48. The Morgan fingerprint density at radius 1 is 1.16 bits per heavy atom. The fraction of sp³-hybridized carbons (Fsp3) is 0.478. The van der Waals surface area contributed by atoms with Gasteiger partial charge < -0.3 is 14.2 Å². The second kappa shape index (κ2) is 9.68. The summed E-state index contributed by atoms with van der Waals surface area (Å²) >= 11 is 1.42. The van der Waals surface area contributed by atoms with E-state index in [4.69, 9.17) is 14.2 Å². The van der Waals surface area contributed by atoms with Gasteiger partial charge in [0.25, 0.3) is 0 Å². The van der Waals surface area contributed by atoms with Crippen LogP contribution in [0.3, 0.4) is 0 Å². The van der Waals surface area contributed by atoms with Crippen LogP contribution in [0.4, 0.5) is 0 Å². The summed E-state index contributed by atoms with van der Waals surface area (Å²) in [5, 5.41) is 2.57. The standard InChI is InChI=1S/C23H26N2O6S/c1-3-30-18-9-8-14(10-19(18)29-2)21-24-15(13-32-21)12-31-20(26)11-25-22(27)16-6-4-5-7-17(16)23(25)28/h8-10,13,16-17H,3-7,11-12H2,1-2H3/t16-,17-/m1/s1. The highest BCUT2D eigenvalue weighted by molar-refractivity contribution is 7.13. The number of benzene rings is 1. The minimum atomic E-state index is -0.609. The molecule has 2 aromatic rings. The molecule has 1 aliphatic carbocycles. The van der Waals surface area contributed by atoms with Crippen LogP contribution in [0.2, 0.25) is 0 Å². The lowest BCUT2D eigenvalue weighted by Crippen LogP contribution is -2.36. The van der Waals surface area contributed by atoms with Gasteiger partial charge >= 0.3 is 5.97 Å². The van der Waals surface area contributed by atoms with Crippen molar-refractivity contribution in [1.29, 1.82) is 0 Å². The summed E-state index contributed by atoms with van der Waals surface area (Å²) in [6.07, 6.45) is 3.34. The normalized spacial score (nSPS) is 20.2. The van der Waals surface area contributed by atoms with E-state index in [-0.39, 0.29) is 36.8 Å². The number of hydrogen-bond acceptors (Lipinski definition) is 8. The molecule has 2 fully saturated rings. The van der Waals surface area contributed by atoms with Crippen molar-refractivity contribution in [2.75, 3.05) is 20.3 Å². The van der Waals surface area contributed by atoms with Gasteiger partial charge in [0.15, 0.2) is 11.5 Å². The first kappa shape index (κ1) is 22.3. The van der Waals surface area contributed by atoms with E-state index in [9.17, 15) is 14.4 Å². The van der Waals surface area contributed by atoms with Gasteiger partial charge in [-0.25, -0.2) is 4.98 Å². The summed E-state index contributed by atoms with van der Waals surface area (Å²) < 4.78 is 16.2. The molecule has 2 amide bonds. The molecule has 1 saturated heterocycles. The molecule has 0 unspecified atom stereocenters. The van der Waals surface area contributed by atoms with Crippen molar-refractivity contribution in [2.45, 2.75) is 39.2 Å². The number of imide groups is 1. The van der Waals surface area contributed by atoms with Gasteiger partial charge in [0.1, 0.15) is 18.2 Å². The Morgan fingerprint density at radius 2 is 1.88 bits per heavy atom. The minimum Gasteiger partial charge on any atom is -0.493 e. The number of amides is 2. The smallest absolute Gasteiger partial charge is 0.326 e. The summed E-state index contributed by atoms with van der Waals surface area (Å²) in [6.45, 7) is 2.09. The molecule has 9 heteroatoms. The van der Waals surface area contributed by atoms with Gasteiger partial charge in [-0.1, -0.05) is 12.8 Å². The number of fused-ring (bicyclic) bond motifs is 1. The summed E-state index contributed by atoms with van der Waals surface area (Å²) in [5.74, 6) is -0.340. The van der Waals surface area contributed by atoms with Gasteiger partial charge in [-0.15, -0.1) is 11.3 Å². The number of likely N-dealkylation sites (tertiary alicyclic amines) is 1. The number of carbonyl (C=O) groups is 3. The zero-order valence-corrected chi connectivity index (χ0v) is 19.0. The highest BCUT2D eigenvalue weighted by atomic mass is 32.1. The molecule has 170 valence electrons. The van der Waals surface area contributed by atoms with Crippen LogP contribution in [0.25, 0.3) is 10.6 Å². The van der Waals surface area contributed by atoms with Crippen molar-refractivity contribution in [3.63, 3.8) is 0 Å². The van der Waals surface area contributed by atoms with E-state index in [1.54, 1.807) is 7.11 Å². The van der Waals surface area contributed by atoms with Crippen LogP contribution in [0.15, 0.2) is 23.6 Å². The first-order chi connectivity index (χ1) is 15.5. The lowest BCUT2D eigenvalue weighted by molar-refractivity contribution is -0.153. The average Bonchev–Trinajstić information content (AvgIpc) is 3.38. The highest BCUT2D eigenvalue weighted by Crippen LogP contribution is 2.38. The van der Waals surface area contributed by atoms with Crippen LogP contribution in [0.1, 0.15) is 38.3 Å². The predicted octanol–water partition coefficient (Wildman–Crippen LogP) is 3.44. The van der Waals surface area contributed by atoms with E-state index in [2.05, 4.69) is 4.98 Å². The van der Waals surface area contributed by atoms with E-state index >= 15 is 0 Å². The van der Waals surface area contributed by atoms with Gasteiger partial charge in [0, 0.05) is 10.9 Å². The number of ether oxygens (including phenoxy) is 3. The predicted molar refractivity (Wildman–Crippen MR) is 117 cm³/mol. The van der Waals surface area contributed by atoms with Crippen LogP contribution < -0.4 is 9.47 Å². The number of aromatic nitrogens is 1. The first-order valence-electron chi connectivity index (χ1n) is 10.8. The largest absolute Gasteiger partial charge is 0.493 e. The first-order valence-corrected chi connectivity index (χ1v) is 11.7. The average molecular weight is 459 g/mol. The number of methoxy groups -OCH3 is 1. The Balaban J connectivity index is 1.35. The zero-order chi connectivity index (χ0) is 22.7. The number of nitrogens with zero attached hydrogens (tertiary/aromatic N) is 2. The highest BCUT2D eigenvalue weighted by Gasteiger charge is 2.48. The lowest BCUT2D eigenvalue weighted by atomic mass is 9.81. The maximum Gasteiger partial charge on any atom is 0.326 e. The second-order valence-electron chi connectivity index (χ2n) is 7.86. The third-order valence-corrected chi connectivity index (χ3v) is 6.80. The van der Waals surface area contributed by atoms with Gasteiger partial charge in [-0.3, -0.25) is 19.3 Å². The number of rotatable bonds is 8. The summed E-state index contributed by atoms with van der Waals surface area (Å²) in [5.41, 5.74) is 1.46. The van der Waals surface area contributed by atoms with Crippen LogP contribution >= 0.6 is 11.3 Å². The minimum absolute atomic E-state index is 0.0213. The molecule has 4 rings (SSSR count). The zero-order valence-electron chi connectivity index (χ0n) is 18.2. The van der Waals surface area contributed by atoms with Crippen LogP contribution in [-0.2, 0) is 25.7 Å². The summed E-state index contributed by atoms with van der Waals surface area (Å²) in [7, 11) is 1.58. The van der Waals surface area contributed by atoms with Gasteiger partial charge in [-0.2, -0.15) is 0 Å². The quantitative estimate of drug-likeness (QED) is 0.442. The maximum atomic E-state index is 12.5. The van der Waals surface area contributed by atoms with Gasteiger partial charge in [0.05, 0.1) is 31.2 Å². The summed E-state index contributed by atoms with van der Waals surface area (Å²) in [6, 6.07) is 5.58. The molecule has 2 heterocycles. The third-order valence-electron chi connectivity index (χ3n) is 5.86. The number of esters is 1. The van der Waals surface area contributed by atoms with Gasteiger partial charge in [0.2, 0.25) is 11.8 Å². The van der Waals surface area contributed by atoms with Crippen LogP contribution in [0, 0.1) is 11.8 Å². The molecule has 2 atom stereocenters. The lowest BCUT2D eigenvalue weighted by Gasteiger charge is -2.19. The Hall–Kier alpha value is -2.94. The molecule has 2 aliphatic rings. The number of thiazole rings is 1. The molecular formula is C23H26N2O6S. The SMILES string of the molecule is CCOc1ccc(-c2nc(COC(=O)CN3C(=O)[C@@H]4CCCC[C@H]4C3=O)cs2)cc1OC. The van der Waals surface area contributed by atoms with Crippen molar-refractivity contribution in [2.24, 2.45) is 11.8 Å². The number of carbonyl (C=O) groups excluding carboxylic acids is 3. The molecule has 0 spiro atoms. The van der Waals surface area contributed by atoms with E-state index in [0.29, 0.717) is 23.8 Å². The van der Waals surface area contributed by atoms with Crippen molar-refractivity contribution in [3.05, 3.63) is 29.3 Å². The van der Waals surface area contributed by atoms with Crippen molar-refractivity contribution < 1.29 is 28.6 Å². The van der Waals surface area contributed by atoms with Gasteiger partial charge in [-0.05, 0) is 38.0 Å². The molecular weight excluding hydrogens is 432 g/mol. The number of hydrogen-bond donors (Lipinski definition) is 0. The summed E-state index contributed by atoms with van der Waals surface area (Å²) in [4.78, 5) is 42.9. The Kier molecular flexibility index (Phi) is 6.74. The van der Waals surface area contributed by atoms with E-state index < -0.39 is 5.97 Å². The molecule has 32 heavy (non-hydrogen) atoms. The molecule has 1 aliphatic heterocycles. The molecule has 1 saturated carbocycles. The fourth-order valence-electron chi connectivity index (χ4n) is 4.30. The maximum absolute atomic E-state index is 12.5. The monoisotopic (exact) mass is 458 g/mol. The molecule has 8 nitrogen and oxygen atoms in total. The Morgan fingerprint density at radius 3 is 2.53 bits per heavy atom. The van der Waals surface area contributed by atoms with E-state index in [0.717, 1.165) is 41.2 Å². The molecule has 1 aromatic heterocycles. The topological polar surface area (TPSA) is 95.0 Å². The molecule has 0 radical (unpaired) electrons. The van der Waals surface area contributed by atoms with Crippen molar-refractivity contribution in [3.8, 4) is 22.1 Å². The molecule has 0 bridgehead atoms. The fourth-order valence-corrected chi connectivity index (χ4v) is 5.10. The Labute approximate surface area is 190 Å². The van der Waals surface area contributed by atoms with Crippen LogP contribution in [-0.4, -0.2) is 47.9 Å². The molecule has 0 N–H and O–H groups in total. The Bertz CT molecular complexity index is 996.